The number of carbonyl (C=O) groups excluding carboxylic acids is 2. The molecule has 0 radical (unpaired) electrons. The van der Waals surface area contributed by atoms with Gasteiger partial charge in [-0.2, -0.15) is 0 Å². The second-order valence-electron chi connectivity index (χ2n) is 7.46. The molecule has 2 aliphatic rings. The number of nitrogens with one attached hydrogen (secondary N) is 1. The molecule has 1 aromatic carbocycles. The first-order valence-electron chi connectivity index (χ1n) is 9.51. The van der Waals surface area contributed by atoms with Gasteiger partial charge in [-0.15, -0.1) is 0 Å². The zero-order valence-electron chi connectivity index (χ0n) is 16.2. The maximum absolute atomic E-state index is 12.5. The molecule has 1 aromatic heterocycles. The Balaban J connectivity index is 1.70. The van der Waals surface area contributed by atoms with E-state index in [0.717, 1.165) is 24.0 Å². The van der Waals surface area contributed by atoms with Gasteiger partial charge in [0.2, 0.25) is 5.91 Å². The number of carbonyl (C=O) groups is 2. The van der Waals surface area contributed by atoms with E-state index in [9.17, 15) is 9.59 Å². The Hall–Kier alpha value is -2.70. The van der Waals surface area contributed by atoms with Crippen LogP contribution in [0.1, 0.15) is 34.8 Å². The lowest BCUT2D eigenvalue weighted by atomic mass is 9.98. The van der Waals surface area contributed by atoms with Crippen LogP contribution in [-0.4, -0.2) is 47.5 Å². The van der Waals surface area contributed by atoms with Crippen LogP contribution in [0, 0.1) is 0 Å². The first kappa shape index (κ1) is 19.6. The van der Waals surface area contributed by atoms with E-state index >= 15 is 0 Å². The Morgan fingerprint density at radius 2 is 2.14 bits per heavy atom. The zero-order chi connectivity index (χ0) is 20.6. The largest absolute Gasteiger partial charge is 0.371 e. The summed E-state index contributed by atoms with van der Waals surface area (Å²) in [5, 5.41) is 3.14. The summed E-state index contributed by atoms with van der Waals surface area (Å²) in [6.07, 6.45) is 4.87. The van der Waals surface area contributed by atoms with Gasteiger partial charge in [0.15, 0.2) is 0 Å². The SMILES string of the molecule is C=CC(=O)N1CC2(CC2)OC[C@@H]1c1cc(Cl)cc(-c2cc(C(=O)NC)ccn2)c1. The Bertz CT molecular complexity index is 987. The summed E-state index contributed by atoms with van der Waals surface area (Å²) < 4.78 is 6.08. The summed E-state index contributed by atoms with van der Waals surface area (Å²) in [6.45, 7) is 4.60. The molecular weight excluding hydrogens is 390 g/mol. The number of amides is 2. The van der Waals surface area contributed by atoms with Gasteiger partial charge in [-0.25, -0.2) is 0 Å². The fraction of sp³-hybridized carbons (Fsp3) is 0.318. The van der Waals surface area contributed by atoms with Crippen LogP contribution >= 0.6 is 11.6 Å². The van der Waals surface area contributed by atoms with Crippen molar-refractivity contribution in [2.45, 2.75) is 24.5 Å². The quantitative estimate of drug-likeness (QED) is 0.783. The van der Waals surface area contributed by atoms with E-state index in [-0.39, 0.29) is 23.5 Å². The predicted octanol–water partition coefficient (Wildman–Crippen LogP) is 3.38. The molecule has 1 saturated carbocycles. The van der Waals surface area contributed by atoms with E-state index < -0.39 is 0 Å². The highest BCUT2D eigenvalue weighted by Crippen LogP contribution is 2.46. The summed E-state index contributed by atoms with van der Waals surface area (Å²) in [5.41, 5.74) is 2.59. The topological polar surface area (TPSA) is 71.5 Å². The third-order valence-corrected chi connectivity index (χ3v) is 5.72. The number of rotatable bonds is 4. The Kier molecular flexibility index (Phi) is 5.15. The van der Waals surface area contributed by atoms with Crippen molar-refractivity contribution in [3.05, 3.63) is 65.3 Å². The molecule has 1 aliphatic heterocycles. The number of morpholine rings is 1. The van der Waals surface area contributed by atoms with Crippen LogP contribution in [-0.2, 0) is 9.53 Å². The van der Waals surface area contributed by atoms with Gasteiger partial charge in [0.05, 0.1) is 30.5 Å². The summed E-state index contributed by atoms with van der Waals surface area (Å²) in [6, 6.07) is 8.71. The predicted molar refractivity (Wildman–Crippen MR) is 111 cm³/mol. The lowest BCUT2D eigenvalue weighted by molar-refractivity contribution is -0.143. The summed E-state index contributed by atoms with van der Waals surface area (Å²) >= 11 is 6.41. The fourth-order valence-corrected chi connectivity index (χ4v) is 3.95. The van der Waals surface area contributed by atoms with Crippen molar-refractivity contribution in [2.24, 2.45) is 0 Å². The molecule has 1 atom stereocenters. The molecule has 0 bridgehead atoms. The van der Waals surface area contributed by atoms with E-state index in [2.05, 4.69) is 16.9 Å². The van der Waals surface area contributed by atoms with Crippen molar-refractivity contribution in [3.8, 4) is 11.3 Å². The molecule has 4 rings (SSSR count). The summed E-state index contributed by atoms with van der Waals surface area (Å²) in [5.74, 6) is -0.306. The van der Waals surface area contributed by atoms with E-state index in [0.29, 0.717) is 29.4 Å². The van der Waals surface area contributed by atoms with E-state index in [1.54, 1.807) is 31.4 Å². The normalized spacial score (nSPS) is 19.7. The van der Waals surface area contributed by atoms with Crippen LogP contribution in [0.5, 0.6) is 0 Å². The highest BCUT2D eigenvalue weighted by molar-refractivity contribution is 6.31. The monoisotopic (exact) mass is 411 g/mol. The highest BCUT2D eigenvalue weighted by Gasteiger charge is 2.50. The van der Waals surface area contributed by atoms with Gasteiger partial charge in [-0.05, 0) is 54.8 Å². The lowest BCUT2D eigenvalue weighted by Gasteiger charge is -2.40. The molecule has 2 aromatic rings. The second kappa shape index (κ2) is 7.61. The number of hydrogen-bond donors (Lipinski definition) is 1. The fourth-order valence-electron chi connectivity index (χ4n) is 3.71. The van der Waals surface area contributed by atoms with Gasteiger partial charge < -0.3 is 15.0 Å². The van der Waals surface area contributed by atoms with Crippen LogP contribution < -0.4 is 5.32 Å². The van der Waals surface area contributed by atoms with Gasteiger partial charge in [0.25, 0.3) is 5.91 Å². The average Bonchev–Trinajstić information content (AvgIpc) is 3.50. The number of aromatic nitrogens is 1. The summed E-state index contributed by atoms with van der Waals surface area (Å²) in [7, 11) is 1.58. The van der Waals surface area contributed by atoms with Gasteiger partial charge >= 0.3 is 0 Å². The molecular formula is C22H22ClN3O3. The van der Waals surface area contributed by atoms with Crippen molar-refractivity contribution < 1.29 is 14.3 Å². The van der Waals surface area contributed by atoms with Crippen LogP contribution in [0.4, 0.5) is 0 Å². The van der Waals surface area contributed by atoms with Crippen molar-refractivity contribution in [1.29, 1.82) is 0 Å². The minimum absolute atomic E-state index is 0.120. The lowest BCUT2D eigenvalue weighted by Crippen LogP contribution is -2.48. The van der Waals surface area contributed by atoms with Crippen molar-refractivity contribution in [1.82, 2.24) is 15.2 Å². The third kappa shape index (κ3) is 3.91. The van der Waals surface area contributed by atoms with Crippen LogP contribution in [0.2, 0.25) is 5.02 Å². The number of halogens is 1. The average molecular weight is 412 g/mol. The van der Waals surface area contributed by atoms with Crippen molar-refractivity contribution >= 4 is 23.4 Å². The molecule has 2 fully saturated rings. The molecule has 1 spiro atoms. The molecule has 2 heterocycles. The van der Waals surface area contributed by atoms with E-state index in [4.69, 9.17) is 16.3 Å². The van der Waals surface area contributed by atoms with Crippen LogP contribution in [0.3, 0.4) is 0 Å². The minimum atomic E-state index is -0.258. The Labute approximate surface area is 174 Å². The maximum atomic E-state index is 12.5. The Morgan fingerprint density at radius 1 is 1.34 bits per heavy atom. The molecule has 1 aliphatic carbocycles. The molecule has 150 valence electrons. The number of pyridine rings is 1. The van der Waals surface area contributed by atoms with E-state index in [1.165, 1.54) is 6.08 Å². The smallest absolute Gasteiger partial charge is 0.251 e. The number of benzene rings is 1. The molecule has 7 heteroatoms. The third-order valence-electron chi connectivity index (χ3n) is 5.50. The first-order valence-corrected chi connectivity index (χ1v) is 9.88. The van der Waals surface area contributed by atoms with E-state index in [1.807, 2.05) is 17.0 Å². The highest BCUT2D eigenvalue weighted by atomic mass is 35.5. The zero-order valence-corrected chi connectivity index (χ0v) is 16.9. The molecule has 1 N–H and O–H groups in total. The van der Waals surface area contributed by atoms with Gasteiger partial charge in [0, 0.05) is 29.4 Å². The van der Waals surface area contributed by atoms with Crippen LogP contribution in [0.15, 0.2) is 49.2 Å². The minimum Gasteiger partial charge on any atom is -0.371 e. The standard InChI is InChI=1S/C22H22ClN3O3/c1-3-20(27)26-13-22(5-6-22)29-12-19(26)16-8-15(9-17(23)10-16)18-11-14(4-7-25-18)21(28)24-2/h3-4,7-11,19H,1,5-6,12-13H2,2H3,(H,24,28)/t19-/m1/s1. The maximum Gasteiger partial charge on any atom is 0.251 e. The van der Waals surface area contributed by atoms with Gasteiger partial charge in [0.1, 0.15) is 0 Å². The Morgan fingerprint density at radius 3 is 2.83 bits per heavy atom. The van der Waals surface area contributed by atoms with Crippen molar-refractivity contribution in [2.75, 3.05) is 20.2 Å². The first-order chi connectivity index (χ1) is 13.9. The molecule has 2 amide bonds. The number of hydrogen-bond acceptors (Lipinski definition) is 4. The molecule has 29 heavy (non-hydrogen) atoms. The molecule has 0 unspecified atom stereocenters. The number of nitrogens with zero attached hydrogens (tertiary/aromatic N) is 2. The molecule has 1 saturated heterocycles. The summed E-state index contributed by atoms with van der Waals surface area (Å²) in [4.78, 5) is 30.7. The van der Waals surface area contributed by atoms with Gasteiger partial charge in [-0.3, -0.25) is 14.6 Å². The van der Waals surface area contributed by atoms with Gasteiger partial charge in [-0.1, -0.05) is 18.2 Å². The number of ether oxygens (including phenoxy) is 1. The van der Waals surface area contributed by atoms with Crippen molar-refractivity contribution in [3.63, 3.8) is 0 Å². The molecule has 6 nitrogen and oxygen atoms in total. The van der Waals surface area contributed by atoms with Crippen LogP contribution in [0.25, 0.3) is 11.3 Å². The second-order valence-corrected chi connectivity index (χ2v) is 7.90.